The zero-order valence-corrected chi connectivity index (χ0v) is 13.1. The maximum atomic E-state index is 12.6. The third kappa shape index (κ3) is 2.72. The van der Waals surface area contributed by atoms with Gasteiger partial charge in [-0.05, 0) is 19.4 Å². The van der Waals surface area contributed by atoms with E-state index < -0.39 is 29.3 Å². The van der Waals surface area contributed by atoms with E-state index in [4.69, 9.17) is 9.47 Å². The lowest BCUT2D eigenvalue weighted by molar-refractivity contribution is -0.166. The second-order valence-corrected chi connectivity index (χ2v) is 5.07. The minimum absolute atomic E-state index is 0.0733. The molecule has 23 heavy (non-hydrogen) atoms. The van der Waals surface area contributed by atoms with Gasteiger partial charge < -0.3 is 14.8 Å². The number of carbonyl (C=O) groups is 3. The van der Waals surface area contributed by atoms with Crippen LogP contribution < -0.4 is 5.32 Å². The average molecular weight is 317 g/mol. The summed E-state index contributed by atoms with van der Waals surface area (Å²) in [6.07, 6.45) is 0. The van der Waals surface area contributed by atoms with E-state index in [1.807, 2.05) is 0 Å². The average Bonchev–Trinajstić information content (AvgIpc) is 2.81. The van der Waals surface area contributed by atoms with Crippen LogP contribution in [0, 0.1) is 0 Å². The van der Waals surface area contributed by atoms with Gasteiger partial charge in [-0.2, -0.15) is 0 Å². The van der Waals surface area contributed by atoms with Crippen LogP contribution in [-0.4, -0.2) is 36.6 Å². The van der Waals surface area contributed by atoms with Gasteiger partial charge in [0.25, 0.3) is 0 Å². The molecule has 0 radical (unpaired) electrons. The van der Waals surface area contributed by atoms with Crippen LogP contribution in [-0.2, 0) is 23.9 Å². The fraction of sp³-hybridized carbons (Fsp3) is 0.353. The molecule has 1 N–H and O–H groups in total. The summed E-state index contributed by atoms with van der Waals surface area (Å²) in [5, 5.41) is 2.45. The van der Waals surface area contributed by atoms with Crippen LogP contribution in [0.3, 0.4) is 0 Å². The van der Waals surface area contributed by atoms with Crippen molar-refractivity contribution in [1.29, 1.82) is 0 Å². The molecule has 122 valence electrons. The molecule has 1 amide bonds. The number of esters is 2. The molecule has 1 aliphatic rings. The number of benzene rings is 1. The normalized spacial score (nSPS) is 19.1. The van der Waals surface area contributed by atoms with Crippen LogP contribution in [0.15, 0.2) is 42.5 Å². The molecule has 6 nitrogen and oxygen atoms in total. The second kappa shape index (κ2) is 6.64. The van der Waals surface area contributed by atoms with E-state index in [0.29, 0.717) is 5.56 Å². The highest BCUT2D eigenvalue weighted by Gasteiger charge is 2.62. The first-order valence-corrected chi connectivity index (χ1v) is 7.39. The van der Waals surface area contributed by atoms with Crippen molar-refractivity contribution < 1.29 is 23.9 Å². The first-order valence-electron chi connectivity index (χ1n) is 7.39. The molecule has 1 unspecified atom stereocenters. The van der Waals surface area contributed by atoms with Crippen LogP contribution in [0.2, 0.25) is 0 Å². The van der Waals surface area contributed by atoms with Gasteiger partial charge >= 0.3 is 11.9 Å². The highest BCUT2D eigenvalue weighted by molar-refractivity contribution is 6.16. The summed E-state index contributed by atoms with van der Waals surface area (Å²) in [7, 11) is 0. The molecular formula is C17H19NO5. The predicted octanol–water partition coefficient (Wildman–Crippen LogP) is 1.32. The molecule has 0 spiro atoms. The predicted molar refractivity (Wildman–Crippen MR) is 82.5 cm³/mol. The van der Waals surface area contributed by atoms with Crippen LogP contribution in [0.5, 0.6) is 0 Å². The summed E-state index contributed by atoms with van der Waals surface area (Å²) in [6, 6.07) is 8.76. The van der Waals surface area contributed by atoms with Gasteiger partial charge in [0.15, 0.2) is 0 Å². The maximum absolute atomic E-state index is 12.6. The van der Waals surface area contributed by atoms with Crippen LogP contribution >= 0.6 is 0 Å². The van der Waals surface area contributed by atoms with Gasteiger partial charge in [0.2, 0.25) is 11.4 Å². The molecule has 0 bridgehead atoms. The Bertz CT molecular complexity index is 620. The van der Waals surface area contributed by atoms with Gasteiger partial charge in [0.05, 0.1) is 19.1 Å². The summed E-state index contributed by atoms with van der Waals surface area (Å²) in [5.41, 5.74) is -1.21. The molecule has 0 aromatic heterocycles. The SMILES string of the molecule is C=C1C(=O)NC(C(=O)OCC)(C(=O)OCC)C1c1ccccc1. The van der Waals surface area contributed by atoms with Crippen molar-refractivity contribution >= 4 is 17.8 Å². The number of ether oxygens (including phenoxy) is 2. The number of nitrogens with one attached hydrogen (secondary N) is 1. The number of carbonyl (C=O) groups excluding carboxylic acids is 3. The number of hydrogen-bond acceptors (Lipinski definition) is 5. The van der Waals surface area contributed by atoms with Gasteiger partial charge in [-0.25, -0.2) is 9.59 Å². The molecule has 1 aliphatic heterocycles. The summed E-state index contributed by atoms with van der Waals surface area (Å²) >= 11 is 0. The molecule has 6 heteroatoms. The van der Waals surface area contributed by atoms with E-state index in [0.717, 1.165) is 0 Å². The van der Waals surface area contributed by atoms with Gasteiger partial charge in [-0.15, -0.1) is 0 Å². The Morgan fingerprint density at radius 3 is 2.13 bits per heavy atom. The molecule has 1 fully saturated rings. The summed E-state index contributed by atoms with van der Waals surface area (Å²) in [6.45, 7) is 7.14. The van der Waals surface area contributed by atoms with Crippen molar-refractivity contribution in [3.63, 3.8) is 0 Å². The minimum Gasteiger partial charge on any atom is -0.464 e. The lowest BCUT2D eigenvalue weighted by Crippen LogP contribution is -2.59. The second-order valence-electron chi connectivity index (χ2n) is 5.07. The van der Waals surface area contributed by atoms with Crippen LogP contribution in [0.25, 0.3) is 0 Å². The molecule has 1 atom stereocenters. The fourth-order valence-electron chi connectivity index (χ4n) is 2.73. The Morgan fingerprint density at radius 1 is 1.13 bits per heavy atom. The van der Waals surface area contributed by atoms with Gasteiger partial charge in [0.1, 0.15) is 0 Å². The third-order valence-corrected chi connectivity index (χ3v) is 3.71. The quantitative estimate of drug-likeness (QED) is 0.503. The Morgan fingerprint density at radius 2 is 1.65 bits per heavy atom. The van der Waals surface area contributed by atoms with Gasteiger partial charge in [-0.3, -0.25) is 4.79 Å². The molecule has 1 heterocycles. The molecule has 0 saturated carbocycles. The zero-order chi connectivity index (χ0) is 17.0. The van der Waals surface area contributed by atoms with Crippen LogP contribution in [0.4, 0.5) is 0 Å². The number of hydrogen-bond donors (Lipinski definition) is 1. The Labute approximate surface area is 134 Å². The van der Waals surface area contributed by atoms with Crippen LogP contribution in [0.1, 0.15) is 25.3 Å². The lowest BCUT2D eigenvalue weighted by Gasteiger charge is -2.30. The highest BCUT2D eigenvalue weighted by Crippen LogP contribution is 2.41. The van der Waals surface area contributed by atoms with Crippen molar-refractivity contribution in [1.82, 2.24) is 5.32 Å². The minimum atomic E-state index is -1.94. The fourth-order valence-corrected chi connectivity index (χ4v) is 2.73. The zero-order valence-electron chi connectivity index (χ0n) is 13.1. The Hall–Kier alpha value is -2.63. The first kappa shape index (κ1) is 16.7. The van der Waals surface area contributed by atoms with Crippen molar-refractivity contribution in [2.45, 2.75) is 25.3 Å². The Balaban J connectivity index is 2.61. The molecule has 2 rings (SSSR count). The number of amides is 1. The smallest absolute Gasteiger partial charge is 0.344 e. The van der Waals surface area contributed by atoms with Gasteiger partial charge in [-0.1, -0.05) is 36.9 Å². The van der Waals surface area contributed by atoms with Crippen molar-refractivity contribution in [2.75, 3.05) is 13.2 Å². The van der Waals surface area contributed by atoms with E-state index in [1.54, 1.807) is 44.2 Å². The standard InChI is InChI=1S/C17H19NO5/c1-4-22-15(20)17(16(21)23-5-2)13(11(3)14(19)18-17)12-9-7-6-8-10-12/h6-10,13H,3-5H2,1-2H3,(H,18,19). The topological polar surface area (TPSA) is 81.7 Å². The first-order chi connectivity index (χ1) is 11.0. The number of rotatable bonds is 5. The third-order valence-electron chi connectivity index (χ3n) is 3.71. The van der Waals surface area contributed by atoms with E-state index in [9.17, 15) is 14.4 Å². The maximum Gasteiger partial charge on any atom is 0.344 e. The van der Waals surface area contributed by atoms with Crippen molar-refractivity contribution in [2.24, 2.45) is 0 Å². The van der Waals surface area contributed by atoms with E-state index in [2.05, 4.69) is 11.9 Å². The van der Waals surface area contributed by atoms with E-state index >= 15 is 0 Å². The molecule has 1 saturated heterocycles. The lowest BCUT2D eigenvalue weighted by atomic mass is 9.78. The van der Waals surface area contributed by atoms with E-state index in [1.165, 1.54) is 0 Å². The summed E-state index contributed by atoms with van der Waals surface area (Å²) < 4.78 is 10.1. The van der Waals surface area contributed by atoms with E-state index in [-0.39, 0.29) is 18.8 Å². The Kier molecular flexibility index (Phi) is 4.83. The highest BCUT2D eigenvalue weighted by atomic mass is 16.6. The largest absolute Gasteiger partial charge is 0.464 e. The molecule has 0 aliphatic carbocycles. The summed E-state index contributed by atoms with van der Waals surface area (Å²) in [4.78, 5) is 37.3. The van der Waals surface area contributed by atoms with Gasteiger partial charge in [0, 0.05) is 5.57 Å². The monoisotopic (exact) mass is 317 g/mol. The van der Waals surface area contributed by atoms with Crippen molar-refractivity contribution in [3.05, 3.63) is 48.0 Å². The van der Waals surface area contributed by atoms with Crippen molar-refractivity contribution in [3.8, 4) is 0 Å². The molecular weight excluding hydrogens is 298 g/mol. The molecule has 1 aromatic rings. The molecule has 1 aromatic carbocycles. The summed E-state index contributed by atoms with van der Waals surface area (Å²) in [5.74, 6) is -3.15.